The number of benzene rings is 1. The summed E-state index contributed by atoms with van der Waals surface area (Å²) in [6.45, 7) is 4.01. The highest BCUT2D eigenvalue weighted by Gasteiger charge is 2.17. The van der Waals surface area contributed by atoms with Crippen molar-refractivity contribution in [3.05, 3.63) is 26.7 Å². The molecule has 1 unspecified atom stereocenters. The Balaban J connectivity index is 2.82. The van der Waals surface area contributed by atoms with Crippen LogP contribution in [-0.4, -0.2) is 11.9 Å². The lowest BCUT2D eigenvalue weighted by atomic mass is 10.0. The van der Waals surface area contributed by atoms with Gasteiger partial charge in [0.1, 0.15) is 0 Å². The van der Waals surface area contributed by atoms with Crippen LogP contribution >= 0.6 is 39.1 Å². The van der Waals surface area contributed by atoms with Gasteiger partial charge < -0.3 is 11.1 Å². The number of hydrogen-bond donors (Lipinski definition) is 2. The van der Waals surface area contributed by atoms with Crippen LogP contribution in [0.5, 0.6) is 0 Å². The Kier molecular flexibility index (Phi) is 5.92. The van der Waals surface area contributed by atoms with E-state index < -0.39 is 6.04 Å². The second-order valence-electron chi connectivity index (χ2n) is 4.47. The predicted octanol–water partition coefficient (Wildman–Crippen LogP) is 4.07. The third kappa shape index (κ3) is 4.43. The van der Waals surface area contributed by atoms with Gasteiger partial charge in [-0.05, 0) is 24.5 Å². The average Bonchev–Trinajstić information content (AvgIpc) is 2.21. The van der Waals surface area contributed by atoms with Gasteiger partial charge in [-0.15, -0.1) is 0 Å². The van der Waals surface area contributed by atoms with E-state index in [1.54, 1.807) is 12.1 Å². The Labute approximate surface area is 125 Å². The molecule has 0 bridgehead atoms. The molecule has 1 aromatic rings. The minimum Gasteiger partial charge on any atom is -0.322 e. The van der Waals surface area contributed by atoms with Crippen molar-refractivity contribution >= 4 is 50.7 Å². The minimum atomic E-state index is -0.569. The van der Waals surface area contributed by atoms with Gasteiger partial charge in [-0.2, -0.15) is 0 Å². The van der Waals surface area contributed by atoms with Crippen molar-refractivity contribution in [2.45, 2.75) is 26.3 Å². The van der Waals surface area contributed by atoms with Gasteiger partial charge in [0.05, 0.1) is 21.8 Å². The van der Waals surface area contributed by atoms with Crippen LogP contribution in [0.3, 0.4) is 0 Å². The SMILES string of the molecule is CC(C)CC(N)C(=O)Nc1c(Cl)cc(Br)cc1Cl. The fourth-order valence-electron chi connectivity index (χ4n) is 1.49. The fraction of sp³-hybridized carbons (Fsp3) is 0.417. The summed E-state index contributed by atoms with van der Waals surface area (Å²) in [6, 6.07) is 2.76. The number of anilines is 1. The predicted molar refractivity (Wildman–Crippen MR) is 80.2 cm³/mol. The molecule has 0 aliphatic carbocycles. The van der Waals surface area contributed by atoms with Crippen molar-refractivity contribution < 1.29 is 4.79 Å². The fourth-order valence-corrected chi connectivity index (χ4v) is 2.80. The zero-order chi connectivity index (χ0) is 13.9. The Hall–Kier alpha value is -0.290. The number of halogens is 3. The molecule has 0 spiro atoms. The highest BCUT2D eigenvalue weighted by atomic mass is 79.9. The van der Waals surface area contributed by atoms with Crippen molar-refractivity contribution in [2.24, 2.45) is 11.7 Å². The molecular formula is C12H15BrCl2N2O. The molecule has 0 saturated heterocycles. The van der Waals surface area contributed by atoms with Crippen molar-refractivity contribution in [2.75, 3.05) is 5.32 Å². The molecule has 100 valence electrons. The number of nitrogens with two attached hydrogens (primary N) is 1. The highest BCUT2D eigenvalue weighted by Crippen LogP contribution is 2.33. The van der Waals surface area contributed by atoms with Gasteiger partial charge in [-0.1, -0.05) is 53.0 Å². The monoisotopic (exact) mass is 352 g/mol. The van der Waals surface area contributed by atoms with Crippen LogP contribution in [0.2, 0.25) is 10.0 Å². The summed E-state index contributed by atoms with van der Waals surface area (Å²) in [7, 11) is 0. The molecule has 0 aliphatic rings. The smallest absolute Gasteiger partial charge is 0.241 e. The number of carbonyl (C=O) groups is 1. The van der Waals surface area contributed by atoms with Crippen molar-refractivity contribution in [1.82, 2.24) is 0 Å². The van der Waals surface area contributed by atoms with Crippen LogP contribution in [0.1, 0.15) is 20.3 Å². The topological polar surface area (TPSA) is 55.1 Å². The minimum absolute atomic E-state index is 0.283. The normalized spacial score (nSPS) is 12.6. The second-order valence-corrected chi connectivity index (χ2v) is 6.20. The molecule has 18 heavy (non-hydrogen) atoms. The molecule has 1 aromatic carbocycles. The molecule has 6 heteroatoms. The average molecular weight is 354 g/mol. The summed E-state index contributed by atoms with van der Waals surface area (Å²) in [4.78, 5) is 11.9. The maximum Gasteiger partial charge on any atom is 0.241 e. The van der Waals surface area contributed by atoms with Crippen LogP contribution in [0.25, 0.3) is 0 Å². The first-order chi connectivity index (χ1) is 8.31. The van der Waals surface area contributed by atoms with E-state index in [0.29, 0.717) is 28.1 Å². The summed E-state index contributed by atoms with van der Waals surface area (Å²) in [6.07, 6.45) is 0.609. The number of nitrogens with one attached hydrogen (secondary N) is 1. The molecule has 1 amide bonds. The Bertz CT molecular complexity index is 429. The van der Waals surface area contributed by atoms with Crippen LogP contribution in [0.15, 0.2) is 16.6 Å². The second kappa shape index (κ2) is 6.75. The number of hydrogen-bond acceptors (Lipinski definition) is 2. The van der Waals surface area contributed by atoms with Gasteiger partial charge in [-0.25, -0.2) is 0 Å². The molecule has 0 radical (unpaired) electrons. The van der Waals surface area contributed by atoms with Gasteiger partial charge in [0.15, 0.2) is 0 Å². The van der Waals surface area contributed by atoms with Crippen molar-refractivity contribution in [1.29, 1.82) is 0 Å². The van der Waals surface area contributed by atoms with E-state index in [-0.39, 0.29) is 5.91 Å². The summed E-state index contributed by atoms with van der Waals surface area (Å²) < 4.78 is 0.752. The van der Waals surface area contributed by atoms with Crippen molar-refractivity contribution in [3.8, 4) is 0 Å². The Morgan fingerprint density at radius 3 is 2.33 bits per heavy atom. The van der Waals surface area contributed by atoms with E-state index in [0.717, 1.165) is 4.47 Å². The lowest BCUT2D eigenvalue weighted by Crippen LogP contribution is -2.36. The van der Waals surface area contributed by atoms with E-state index in [2.05, 4.69) is 21.2 Å². The summed E-state index contributed by atoms with van der Waals surface area (Å²) in [5.74, 6) is 0.0661. The lowest BCUT2D eigenvalue weighted by Gasteiger charge is -2.15. The first-order valence-electron chi connectivity index (χ1n) is 5.52. The molecule has 0 heterocycles. The van der Waals surface area contributed by atoms with Gasteiger partial charge >= 0.3 is 0 Å². The Morgan fingerprint density at radius 1 is 1.39 bits per heavy atom. The first kappa shape index (κ1) is 15.8. The molecule has 0 aliphatic heterocycles. The summed E-state index contributed by atoms with van der Waals surface area (Å²) >= 11 is 15.3. The van der Waals surface area contributed by atoms with E-state index in [1.807, 2.05) is 13.8 Å². The molecule has 1 atom stereocenters. The van der Waals surface area contributed by atoms with E-state index >= 15 is 0 Å². The van der Waals surface area contributed by atoms with Crippen LogP contribution in [0.4, 0.5) is 5.69 Å². The largest absolute Gasteiger partial charge is 0.322 e. The van der Waals surface area contributed by atoms with Crippen molar-refractivity contribution in [3.63, 3.8) is 0 Å². The number of rotatable bonds is 4. The molecule has 3 nitrogen and oxygen atoms in total. The lowest BCUT2D eigenvalue weighted by molar-refractivity contribution is -0.117. The molecular weight excluding hydrogens is 339 g/mol. The quantitative estimate of drug-likeness (QED) is 0.857. The third-order valence-electron chi connectivity index (χ3n) is 2.32. The highest BCUT2D eigenvalue weighted by molar-refractivity contribution is 9.10. The van der Waals surface area contributed by atoms with E-state index in [4.69, 9.17) is 28.9 Å². The number of amides is 1. The zero-order valence-electron chi connectivity index (χ0n) is 10.1. The first-order valence-corrected chi connectivity index (χ1v) is 7.07. The van der Waals surface area contributed by atoms with Gasteiger partial charge in [0.2, 0.25) is 5.91 Å². The molecule has 0 aromatic heterocycles. The maximum atomic E-state index is 11.9. The van der Waals surface area contributed by atoms with Crippen LogP contribution in [-0.2, 0) is 4.79 Å². The summed E-state index contributed by atoms with van der Waals surface area (Å²) in [5.41, 5.74) is 6.18. The third-order valence-corrected chi connectivity index (χ3v) is 3.37. The van der Waals surface area contributed by atoms with Crippen LogP contribution < -0.4 is 11.1 Å². The van der Waals surface area contributed by atoms with E-state index in [1.165, 1.54) is 0 Å². The van der Waals surface area contributed by atoms with E-state index in [9.17, 15) is 4.79 Å². The molecule has 0 fully saturated rings. The van der Waals surface area contributed by atoms with Gasteiger partial charge in [0.25, 0.3) is 0 Å². The molecule has 1 rings (SSSR count). The van der Waals surface area contributed by atoms with Gasteiger partial charge in [-0.3, -0.25) is 4.79 Å². The standard InChI is InChI=1S/C12H15BrCl2N2O/c1-6(2)3-10(16)12(18)17-11-8(14)4-7(13)5-9(11)15/h4-6,10H,3,16H2,1-2H3,(H,17,18). The zero-order valence-corrected chi connectivity index (χ0v) is 13.2. The maximum absolute atomic E-state index is 11.9. The number of carbonyl (C=O) groups excluding carboxylic acids is 1. The van der Waals surface area contributed by atoms with Gasteiger partial charge in [0, 0.05) is 4.47 Å². The summed E-state index contributed by atoms with van der Waals surface area (Å²) in [5, 5.41) is 3.41. The molecule has 3 N–H and O–H groups in total. The Morgan fingerprint density at radius 2 is 1.89 bits per heavy atom. The van der Waals surface area contributed by atoms with Crippen LogP contribution in [0, 0.1) is 5.92 Å². The molecule has 0 saturated carbocycles.